The third-order valence-electron chi connectivity index (χ3n) is 1.95. The zero-order chi connectivity index (χ0) is 12.6. The molecule has 0 aliphatic carbocycles. The summed E-state index contributed by atoms with van der Waals surface area (Å²) in [6.45, 7) is 7.17. The van der Waals surface area contributed by atoms with Crippen LogP contribution in [0.2, 0.25) is 0 Å². The molecule has 0 aromatic carbocycles. The minimum atomic E-state index is -0.940. The summed E-state index contributed by atoms with van der Waals surface area (Å²) in [5, 5.41) is 8.96. The van der Waals surface area contributed by atoms with E-state index in [1.807, 2.05) is 20.8 Å². The molecule has 5 nitrogen and oxygen atoms in total. The molecule has 1 unspecified atom stereocenters. The minimum absolute atomic E-state index is 0.276. The van der Waals surface area contributed by atoms with E-state index in [9.17, 15) is 4.79 Å². The number of methoxy groups -OCH3 is 1. The molecular formula is C11H22O5. The van der Waals surface area contributed by atoms with Gasteiger partial charge in [0.05, 0.1) is 26.4 Å². The zero-order valence-electron chi connectivity index (χ0n) is 10.5. The fourth-order valence-electron chi connectivity index (χ4n) is 1.16. The SMILES string of the molecule is COCCOCCOC(C(=O)O)C(C)(C)C. The summed E-state index contributed by atoms with van der Waals surface area (Å²) in [6.07, 6.45) is -0.807. The monoisotopic (exact) mass is 234 g/mol. The summed E-state index contributed by atoms with van der Waals surface area (Å²) in [6, 6.07) is 0. The van der Waals surface area contributed by atoms with Crippen molar-refractivity contribution in [3.05, 3.63) is 0 Å². The maximum atomic E-state index is 10.9. The number of carboxylic acid groups (broad SMARTS) is 1. The number of ether oxygens (including phenoxy) is 3. The average Bonchev–Trinajstić information content (AvgIpc) is 2.13. The third-order valence-corrected chi connectivity index (χ3v) is 1.95. The summed E-state index contributed by atoms with van der Waals surface area (Å²) in [5.74, 6) is -0.940. The van der Waals surface area contributed by atoms with Crippen LogP contribution in [-0.4, -0.2) is 50.7 Å². The van der Waals surface area contributed by atoms with Crippen molar-refractivity contribution in [1.82, 2.24) is 0 Å². The van der Waals surface area contributed by atoms with Gasteiger partial charge in [0.25, 0.3) is 0 Å². The van der Waals surface area contributed by atoms with E-state index in [1.165, 1.54) is 0 Å². The second kappa shape index (κ2) is 7.60. The minimum Gasteiger partial charge on any atom is -0.479 e. The first kappa shape index (κ1) is 15.3. The Hall–Kier alpha value is -0.650. The van der Waals surface area contributed by atoms with Crippen molar-refractivity contribution in [1.29, 1.82) is 0 Å². The normalized spacial score (nSPS) is 13.8. The molecule has 0 heterocycles. The number of carbonyl (C=O) groups is 1. The van der Waals surface area contributed by atoms with Crippen LogP contribution in [0.3, 0.4) is 0 Å². The van der Waals surface area contributed by atoms with Crippen LogP contribution in [-0.2, 0) is 19.0 Å². The van der Waals surface area contributed by atoms with Crippen LogP contribution in [0.4, 0.5) is 0 Å². The fourth-order valence-corrected chi connectivity index (χ4v) is 1.16. The molecule has 0 fully saturated rings. The highest BCUT2D eigenvalue weighted by Crippen LogP contribution is 2.22. The molecule has 5 heteroatoms. The van der Waals surface area contributed by atoms with Crippen molar-refractivity contribution in [2.45, 2.75) is 26.9 Å². The number of rotatable bonds is 8. The highest BCUT2D eigenvalue weighted by Gasteiger charge is 2.31. The molecule has 96 valence electrons. The lowest BCUT2D eigenvalue weighted by atomic mass is 9.89. The molecule has 0 aliphatic heterocycles. The maximum absolute atomic E-state index is 10.9. The lowest BCUT2D eigenvalue weighted by Crippen LogP contribution is -2.37. The third kappa shape index (κ3) is 6.76. The van der Waals surface area contributed by atoms with Crippen LogP contribution in [0, 0.1) is 5.41 Å². The average molecular weight is 234 g/mol. The van der Waals surface area contributed by atoms with Gasteiger partial charge in [0.2, 0.25) is 0 Å². The Balaban J connectivity index is 3.75. The van der Waals surface area contributed by atoms with Crippen molar-refractivity contribution >= 4 is 5.97 Å². The van der Waals surface area contributed by atoms with Crippen LogP contribution in [0.25, 0.3) is 0 Å². The maximum Gasteiger partial charge on any atom is 0.333 e. The Morgan fingerprint density at radius 2 is 1.75 bits per heavy atom. The standard InChI is InChI=1S/C11H22O5/c1-11(2,3)9(10(12)13)16-8-7-15-6-5-14-4/h9H,5-8H2,1-4H3,(H,12,13). The molecule has 0 aromatic heterocycles. The Labute approximate surface area is 96.7 Å². The van der Waals surface area contributed by atoms with E-state index in [0.717, 1.165) is 0 Å². The summed E-state index contributed by atoms with van der Waals surface area (Å²) in [5.41, 5.74) is -0.418. The smallest absolute Gasteiger partial charge is 0.333 e. The first-order chi connectivity index (χ1) is 7.39. The molecule has 1 atom stereocenters. The van der Waals surface area contributed by atoms with Gasteiger partial charge in [-0.25, -0.2) is 4.79 Å². The van der Waals surface area contributed by atoms with Crippen molar-refractivity contribution in [3.8, 4) is 0 Å². The predicted octanol–water partition coefficient (Wildman–Crippen LogP) is 1.17. The zero-order valence-corrected chi connectivity index (χ0v) is 10.5. The van der Waals surface area contributed by atoms with E-state index in [4.69, 9.17) is 19.3 Å². The number of hydrogen-bond donors (Lipinski definition) is 1. The van der Waals surface area contributed by atoms with Gasteiger partial charge < -0.3 is 19.3 Å². The van der Waals surface area contributed by atoms with Gasteiger partial charge in [-0.1, -0.05) is 20.8 Å². The summed E-state index contributed by atoms with van der Waals surface area (Å²) < 4.78 is 15.3. The molecule has 0 bridgehead atoms. The summed E-state index contributed by atoms with van der Waals surface area (Å²) in [4.78, 5) is 10.9. The van der Waals surface area contributed by atoms with Crippen LogP contribution in [0.5, 0.6) is 0 Å². The molecule has 16 heavy (non-hydrogen) atoms. The van der Waals surface area contributed by atoms with Crippen LogP contribution < -0.4 is 0 Å². The second-order valence-electron chi connectivity index (χ2n) is 4.56. The molecule has 0 saturated heterocycles. The Morgan fingerprint density at radius 3 is 2.19 bits per heavy atom. The lowest BCUT2D eigenvalue weighted by Gasteiger charge is -2.26. The van der Waals surface area contributed by atoms with Gasteiger partial charge in [0.15, 0.2) is 6.10 Å². The molecule has 0 radical (unpaired) electrons. The fraction of sp³-hybridized carbons (Fsp3) is 0.909. The lowest BCUT2D eigenvalue weighted by molar-refractivity contribution is -0.159. The highest BCUT2D eigenvalue weighted by molar-refractivity contribution is 5.73. The van der Waals surface area contributed by atoms with Crippen LogP contribution >= 0.6 is 0 Å². The summed E-state index contributed by atoms with van der Waals surface area (Å²) >= 11 is 0. The van der Waals surface area contributed by atoms with Crippen molar-refractivity contribution in [2.24, 2.45) is 5.41 Å². The van der Waals surface area contributed by atoms with Crippen LogP contribution in [0.1, 0.15) is 20.8 Å². The van der Waals surface area contributed by atoms with E-state index in [2.05, 4.69) is 0 Å². The molecule has 0 aromatic rings. The van der Waals surface area contributed by atoms with Gasteiger partial charge in [0, 0.05) is 7.11 Å². The number of carboxylic acids is 1. The van der Waals surface area contributed by atoms with Gasteiger partial charge in [0.1, 0.15) is 0 Å². The van der Waals surface area contributed by atoms with E-state index < -0.39 is 17.5 Å². The van der Waals surface area contributed by atoms with Gasteiger partial charge in [-0.2, -0.15) is 0 Å². The second-order valence-corrected chi connectivity index (χ2v) is 4.56. The molecule has 0 spiro atoms. The van der Waals surface area contributed by atoms with E-state index in [0.29, 0.717) is 19.8 Å². The number of aliphatic carboxylic acids is 1. The van der Waals surface area contributed by atoms with Gasteiger partial charge >= 0.3 is 5.97 Å². The molecule has 0 saturated carbocycles. The van der Waals surface area contributed by atoms with Crippen LogP contribution in [0.15, 0.2) is 0 Å². The predicted molar refractivity (Wildman–Crippen MR) is 59.5 cm³/mol. The van der Waals surface area contributed by atoms with Crippen molar-refractivity contribution in [2.75, 3.05) is 33.5 Å². The van der Waals surface area contributed by atoms with E-state index >= 15 is 0 Å². The first-order valence-electron chi connectivity index (χ1n) is 5.30. The first-order valence-corrected chi connectivity index (χ1v) is 5.30. The van der Waals surface area contributed by atoms with E-state index in [1.54, 1.807) is 7.11 Å². The van der Waals surface area contributed by atoms with Crippen molar-refractivity contribution in [3.63, 3.8) is 0 Å². The molecule has 1 N–H and O–H groups in total. The molecule has 0 amide bonds. The van der Waals surface area contributed by atoms with Gasteiger partial charge in [-0.15, -0.1) is 0 Å². The molecule has 0 rings (SSSR count). The summed E-state index contributed by atoms with van der Waals surface area (Å²) in [7, 11) is 1.60. The van der Waals surface area contributed by atoms with E-state index in [-0.39, 0.29) is 6.61 Å². The van der Waals surface area contributed by atoms with Crippen molar-refractivity contribution < 1.29 is 24.1 Å². The highest BCUT2D eigenvalue weighted by atomic mass is 16.6. The van der Waals surface area contributed by atoms with Gasteiger partial charge in [-0.3, -0.25) is 0 Å². The Morgan fingerprint density at radius 1 is 1.19 bits per heavy atom. The van der Waals surface area contributed by atoms with Gasteiger partial charge in [-0.05, 0) is 5.41 Å². The largest absolute Gasteiger partial charge is 0.479 e. The topological polar surface area (TPSA) is 65.0 Å². The Bertz CT molecular complexity index is 197. The Kier molecular flexibility index (Phi) is 7.29. The molecule has 0 aliphatic rings. The number of hydrogen-bond acceptors (Lipinski definition) is 4. The quantitative estimate of drug-likeness (QED) is 0.638. The molecular weight excluding hydrogens is 212 g/mol.